The van der Waals surface area contributed by atoms with E-state index < -0.39 is 0 Å². The number of aromatic nitrogens is 1. The van der Waals surface area contributed by atoms with E-state index in [0.29, 0.717) is 0 Å². The molecule has 2 nitrogen and oxygen atoms in total. The maximum atomic E-state index is 3.35. The number of anilines is 3. The lowest BCUT2D eigenvalue weighted by Crippen LogP contribution is -2.11. The van der Waals surface area contributed by atoms with Crippen molar-refractivity contribution in [1.82, 2.24) is 4.57 Å². The molecule has 0 atom stereocenters. The second-order valence-corrected chi connectivity index (χ2v) is 15.7. The lowest BCUT2D eigenvalue weighted by atomic mass is 9.92. The van der Waals surface area contributed by atoms with Crippen molar-refractivity contribution in [3.05, 3.63) is 224 Å². The molecule has 284 valence electrons. The van der Waals surface area contributed by atoms with Crippen molar-refractivity contribution in [1.29, 1.82) is 0 Å². The Balaban J connectivity index is 1.11. The van der Waals surface area contributed by atoms with Gasteiger partial charge in [-0.3, -0.25) is 0 Å². The van der Waals surface area contributed by atoms with Crippen LogP contribution in [-0.4, -0.2) is 4.57 Å². The normalized spacial score (nSPS) is 13.7. The van der Waals surface area contributed by atoms with Gasteiger partial charge in [0, 0.05) is 39.0 Å². The van der Waals surface area contributed by atoms with Gasteiger partial charge in [0.05, 0.1) is 16.7 Å². The Morgan fingerprint density at radius 1 is 0.500 bits per heavy atom. The Morgan fingerprint density at radius 2 is 1.25 bits per heavy atom. The number of rotatable bonds is 8. The number of para-hydroxylation sites is 2. The van der Waals surface area contributed by atoms with Crippen molar-refractivity contribution in [2.45, 2.75) is 25.7 Å². The first-order valence-electron chi connectivity index (χ1n) is 21.1. The van der Waals surface area contributed by atoms with Gasteiger partial charge in [-0.15, -0.1) is 0 Å². The third kappa shape index (κ3) is 6.33. The first kappa shape index (κ1) is 35.6. The Labute approximate surface area is 352 Å². The minimum atomic E-state index is 1.04. The summed E-state index contributed by atoms with van der Waals surface area (Å²) in [5.41, 5.74) is 16.3. The molecule has 0 radical (unpaired) electrons. The van der Waals surface area contributed by atoms with Gasteiger partial charge in [0.15, 0.2) is 0 Å². The first-order chi connectivity index (χ1) is 29.8. The highest BCUT2D eigenvalue weighted by Gasteiger charge is 2.22. The molecule has 9 aromatic rings. The topological polar surface area (TPSA) is 8.17 Å². The molecule has 0 unspecified atom stereocenters. The largest absolute Gasteiger partial charge is 0.310 e. The highest BCUT2D eigenvalue weighted by molar-refractivity contribution is 6.23. The van der Waals surface area contributed by atoms with Crippen molar-refractivity contribution in [2.75, 3.05) is 4.90 Å². The number of nitrogens with zero attached hydrogens (tertiary/aromatic N) is 2. The van der Waals surface area contributed by atoms with Crippen LogP contribution in [0.15, 0.2) is 206 Å². The highest BCUT2D eigenvalue weighted by Crippen LogP contribution is 2.46. The third-order valence-electron chi connectivity index (χ3n) is 12.0. The van der Waals surface area contributed by atoms with E-state index in [-0.39, 0.29) is 0 Å². The molecular formula is C58H42N2. The number of allylic oxidation sites excluding steroid dienone is 8. The monoisotopic (exact) mass is 766 g/mol. The average Bonchev–Trinajstić information content (AvgIpc) is 3.66. The molecule has 2 heteroatoms. The summed E-state index contributed by atoms with van der Waals surface area (Å²) in [5, 5.41) is 5.01. The van der Waals surface area contributed by atoms with Crippen molar-refractivity contribution < 1.29 is 0 Å². The Hall–Kier alpha value is -7.60. The van der Waals surface area contributed by atoms with Crippen molar-refractivity contribution in [3.63, 3.8) is 0 Å². The summed E-state index contributed by atoms with van der Waals surface area (Å²) in [6, 6.07) is 68.8. The second-order valence-electron chi connectivity index (χ2n) is 15.7. The minimum absolute atomic E-state index is 1.04. The quantitative estimate of drug-likeness (QED) is 0.150. The van der Waals surface area contributed by atoms with Gasteiger partial charge in [0.25, 0.3) is 0 Å². The van der Waals surface area contributed by atoms with Crippen LogP contribution in [-0.2, 0) is 0 Å². The van der Waals surface area contributed by atoms with Gasteiger partial charge in [-0.25, -0.2) is 0 Å². The number of fused-ring (bicyclic) bond motifs is 4. The van der Waals surface area contributed by atoms with Gasteiger partial charge in [-0.2, -0.15) is 0 Å². The zero-order valence-corrected chi connectivity index (χ0v) is 33.4. The van der Waals surface area contributed by atoms with Gasteiger partial charge < -0.3 is 9.47 Å². The summed E-state index contributed by atoms with van der Waals surface area (Å²) in [5.74, 6) is 0. The van der Waals surface area contributed by atoms with E-state index in [9.17, 15) is 0 Å². The van der Waals surface area contributed by atoms with Crippen LogP contribution in [0.5, 0.6) is 0 Å². The summed E-state index contributed by atoms with van der Waals surface area (Å²) in [6.45, 7) is 0. The molecular weight excluding hydrogens is 725 g/mol. The van der Waals surface area contributed by atoms with E-state index in [4.69, 9.17) is 0 Å². The Morgan fingerprint density at radius 3 is 2.08 bits per heavy atom. The third-order valence-corrected chi connectivity index (χ3v) is 12.0. The lowest BCUT2D eigenvalue weighted by Gasteiger charge is -2.28. The predicted molar refractivity (Wildman–Crippen MR) is 255 cm³/mol. The second kappa shape index (κ2) is 15.3. The van der Waals surface area contributed by atoms with Gasteiger partial charge in [-0.1, -0.05) is 158 Å². The number of hydrogen-bond acceptors (Lipinski definition) is 1. The maximum absolute atomic E-state index is 3.35. The van der Waals surface area contributed by atoms with E-state index in [2.05, 4.69) is 222 Å². The average molecular weight is 767 g/mol. The molecule has 8 aromatic carbocycles. The van der Waals surface area contributed by atoms with Crippen LogP contribution in [0.1, 0.15) is 31.2 Å². The summed E-state index contributed by atoms with van der Waals surface area (Å²) in [7, 11) is 0. The van der Waals surface area contributed by atoms with Crippen molar-refractivity contribution in [2.24, 2.45) is 0 Å². The molecule has 0 spiro atoms. The van der Waals surface area contributed by atoms with Gasteiger partial charge in [0.2, 0.25) is 0 Å². The predicted octanol–water partition coefficient (Wildman–Crippen LogP) is 15.9. The minimum Gasteiger partial charge on any atom is -0.310 e. The zero-order chi connectivity index (χ0) is 39.8. The van der Waals surface area contributed by atoms with Gasteiger partial charge >= 0.3 is 0 Å². The molecule has 0 fully saturated rings. The van der Waals surface area contributed by atoms with E-state index in [1.165, 1.54) is 66.1 Å². The Bertz CT molecular complexity index is 3190. The van der Waals surface area contributed by atoms with Crippen LogP contribution >= 0.6 is 0 Å². The summed E-state index contributed by atoms with van der Waals surface area (Å²) < 4.78 is 2.47. The fourth-order valence-corrected chi connectivity index (χ4v) is 9.26. The van der Waals surface area contributed by atoms with E-state index in [0.717, 1.165) is 59.4 Å². The van der Waals surface area contributed by atoms with Crippen LogP contribution < -0.4 is 4.90 Å². The molecule has 1 aromatic heterocycles. The maximum Gasteiger partial charge on any atom is 0.0553 e. The van der Waals surface area contributed by atoms with Crippen LogP contribution in [0.25, 0.3) is 77.2 Å². The first-order valence-corrected chi connectivity index (χ1v) is 21.1. The van der Waals surface area contributed by atoms with Gasteiger partial charge in [-0.05, 0) is 131 Å². The van der Waals surface area contributed by atoms with Crippen LogP contribution in [0.3, 0.4) is 0 Å². The molecule has 2 aliphatic rings. The smallest absolute Gasteiger partial charge is 0.0553 e. The number of benzene rings is 7. The van der Waals surface area contributed by atoms with Crippen LogP contribution in [0.4, 0.5) is 17.1 Å². The van der Waals surface area contributed by atoms with E-state index >= 15 is 0 Å². The molecule has 0 amide bonds. The molecule has 2 aliphatic carbocycles. The fraction of sp³-hybridized carbons (Fsp3) is 0.0690. The van der Waals surface area contributed by atoms with Crippen molar-refractivity contribution in [3.8, 4) is 33.4 Å². The zero-order valence-electron chi connectivity index (χ0n) is 33.4. The molecule has 0 saturated heterocycles. The van der Waals surface area contributed by atoms with Gasteiger partial charge in [0.1, 0.15) is 0 Å². The molecule has 60 heavy (non-hydrogen) atoms. The summed E-state index contributed by atoms with van der Waals surface area (Å²) in [4.78, 5) is 2.42. The SMILES string of the molecule is c1cc(-c2ccc(N(c3cccc(-c4c5ccccc5cc5c4c4ccccc4n5C4=CCCC=C4)c3)c3ccccc3-c3ccccc3)cc2)cc(C2=CCCC=C2)c#1. The lowest BCUT2D eigenvalue weighted by molar-refractivity contribution is 1.02. The number of hydrogen-bond donors (Lipinski definition) is 0. The molecule has 0 N–H and O–H groups in total. The standard InChI is InChI=1S/C58H42N2/c1-4-18-41(19-5-1)44-23-16-24-45(38-44)42-34-36-49(37-35-42)59(54-32-14-12-29-51(54)43-20-6-2-7-21-43)50-28-17-25-47(39-50)57-52-30-11-10-22-46(52)40-56-58(57)53-31-13-15-33-55(53)60(56)48-26-8-3-9-27-48/h2,4,6-8,10-15,17-22,24-40H,1,3,5,9H2. The molecule has 11 rings (SSSR count). The van der Waals surface area contributed by atoms with E-state index in [1.54, 1.807) is 0 Å². The molecule has 1 heterocycles. The fourth-order valence-electron chi connectivity index (χ4n) is 9.26. The highest BCUT2D eigenvalue weighted by atomic mass is 15.1. The van der Waals surface area contributed by atoms with Crippen molar-refractivity contribution >= 4 is 60.9 Å². The molecule has 0 aliphatic heterocycles. The summed E-state index contributed by atoms with van der Waals surface area (Å²) >= 11 is 0. The Kier molecular flexibility index (Phi) is 9.06. The summed E-state index contributed by atoms with van der Waals surface area (Å²) in [6.07, 6.45) is 18.0. The molecule has 0 bridgehead atoms. The van der Waals surface area contributed by atoms with Crippen LogP contribution in [0, 0.1) is 12.1 Å². The van der Waals surface area contributed by atoms with Crippen LogP contribution in [0.2, 0.25) is 0 Å². The van der Waals surface area contributed by atoms with E-state index in [1.807, 2.05) is 6.07 Å². The molecule has 0 saturated carbocycles.